The molecule has 1 aromatic heterocycles. The highest BCUT2D eigenvalue weighted by Gasteiger charge is 2.32. The Morgan fingerprint density at radius 2 is 2.12 bits per heavy atom. The number of aromatic amines is 1. The number of aromatic nitrogens is 2. The van der Waals surface area contributed by atoms with Crippen LogP contribution in [-0.4, -0.2) is 33.3 Å². The van der Waals surface area contributed by atoms with Gasteiger partial charge in [0.15, 0.2) is 4.77 Å². The number of nitrogens with zero attached hydrogens (tertiary/aromatic N) is 2. The SMILES string of the molecule is CN1C(=O)CCC(n2ccc(=O)[nH]c2=S)C1=O. The van der Waals surface area contributed by atoms with Crippen LogP contribution in [0.5, 0.6) is 0 Å². The van der Waals surface area contributed by atoms with Crippen molar-refractivity contribution in [2.45, 2.75) is 18.9 Å². The molecule has 6 nitrogen and oxygen atoms in total. The van der Waals surface area contributed by atoms with Crippen LogP contribution < -0.4 is 5.56 Å². The summed E-state index contributed by atoms with van der Waals surface area (Å²) < 4.78 is 1.71. The topological polar surface area (TPSA) is 75.2 Å². The molecule has 1 fully saturated rings. The van der Waals surface area contributed by atoms with Crippen molar-refractivity contribution in [2.75, 3.05) is 7.05 Å². The molecule has 0 aliphatic carbocycles. The van der Waals surface area contributed by atoms with E-state index in [4.69, 9.17) is 12.2 Å². The second kappa shape index (κ2) is 4.25. The van der Waals surface area contributed by atoms with Crippen molar-refractivity contribution in [2.24, 2.45) is 0 Å². The summed E-state index contributed by atoms with van der Waals surface area (Å²) in [5, 5.41) is 0. The predicted molar refractivity (Wildman–Crippen MR) is 61.9 cm³/mol. The second-order valence-electron chi connectivity index (χ2n) is 3.86. The smallest absolute Gasteiger partial charge is 0.252 e. The Balaban J connectivity index is 2.41. The predicted octanol–water partition coefficient (Wildman–Crippen LogP) is 0.226. The minimum absolute atomic E-state index is 0.192. The lowest BCUT2D eigenvalue weighted by Crippen LogP contribution is -2.43. The Bertz CT molecular complexity index is 589. The first-order valence-corrected chi connectivity index (χ1v) is 5.53. The number of amides is 2. The van der Waals surface area contributed by atoms with Gasteiger partial charge in [-0.2, -0.15) is 0 Å². The summed E-state index contributed by atoms with van der Waals surface area (Å²) >= 11 is 4.99. The zero-order valence-electron chi connectivity index (χ0n) is 9.17. The van der Waals surface area contributed by atoms with E-state index in [2.05, 4.69) is 4.98 Å². The van der Waals surface area contributed by atoms with Crippen LogP contribution >= 0.6 is 12.2 Å². The Labute approximate surface area is 102 Å². The number of likely N-dealkylation sites (N-methyl/N-ethyl adjacent to an activating group) is 1. The Kier molecular flexibility index (Phi) is 2.93. The average molecular weight is 253 g/mol. The zero-order chi connectivity index (χ0) is 12.6. The van der Waals surface area contributed by atoms with Gasteiger partial charge in [-0.1, -0.05) is 0 Å². The molecule has 1 unspecified atom stereocenters. The lowest BCUT2D eigenvalue weighted by Gasteiger charge is -2.29. The number of nitrogens with one attached hydrogen (secondary N) is 1. The molecule has 90 valence electrons. The quantitative estimate of drug-likeness (QED) is 0.574. The van der Waals surface area contributed by atoms with Gasteiger partial charge in [0, 0.05) is 25.7 Å². The van der Waals surface area contributed by atoms with Gasteiger partial charge >= 0.3 is 0 Å². The number of likely N-dealkylation sites (tertiary alicyclic amines) is 1. The van der Waals surface area contributed by atoms with Gasteiger partial charge in [0.2, 0.25) is 5.91 Å². The first-order valence-electron chi connectivity index (χ1n) is 5.12. The number of carbonyl (C=O) groups is 2. The molecule has 0 spiro atoms. The molecule has 1 atom stereocenters. The molecule has 0 bridgehead atoms. The summed E-state index contributed by atoms with van der Waals surface area (Å²) in [5.74, 6) is -0.494. The molecule has 1 aliphatic rings. The van der Waals surface area contributed by atoms with Crippen molar-refractivity contribution >= 4 is 24.0 Å². The highest BCUT2D eigenvalue weighted by Crippen LogP contribution is 2.22. The monoisotopic (exact) mass is 253 g/mol. The summed E-state index contributed by atoms with van der Waals surface area (Å²) in [6, 6.07) is 0.793. The fraction of sp³-hybridized carbons (Fsp3) is 0.400. The van der Waals surface area contributed by atoms with Crippen molar-refractivity contribution in [1.82, 2.24) is 14.5 Å². The summed E-state index contributed by atoms with van der Waals surface area (Å²) in [6.45, 7) is 0. The van der Waals surface area contributed by atoms with Crippen molar-refractivity contribution in [3.8, 4) is 0 Å². The third kappa shape index (κ3) is 2.05. The van der Waals surface area contributed by atoms with E-state index in [0.717, 1.165) is 4.90 Å². The van der Waals surface area contributed by atoms with Crippen molar-refractivity contribution < 1.29 is 9.59 Å². The Morgan fingerprint density at radius 3 is 2.76 bits per heavy atom. The number of piperidine rings is 1. The molecular weight excluding hydrogens is 242 g/mol. The van der Waals surface area contributed by atoms with Gasteiger partial charge in [-0.05, 0) is 18.6 Å². The molecule has 1 saturated heterocycles. The summed E-state index contributed by atoms with van der Waals surface area (Å²) in [5.41, 5.74) is -0.307. The average Bonchev–Trinajstić information content (AvgIpc) is 2.28. The Morgan fingerprint density at radius 1 is 1.41 bits per heavy atom. The molecule has 17 heavy (non-hydrogen) atoms. The van der Waals surface area contributed by atoms with E-state index in [1.807, 2.05) is 0 Å². The number of hydrogen-bond donors (Lipinski definition) is 1. The summed E-state index contributed by atoms with van der Waals surface area (Å²) in [4.78, 5) is 37.8. The molecule has 0 saturated carbocycles. The molecule has 2 rings (SSSR count). The third-order valence-electron chi connectivity index (χ3n) is 2.81. The maximum Gasteiger partial charge on any atom is 0.252 e. The number of carbonyl (C=O) groups excluding carboxylic acids is 2. The standard InChI is InChI=1S/C10H11N3O3S/c1-12-8(15)3-2-6(9(12)16)13-5-4-7(14)11-10(13)17/h4-6H,2-3H2,1H3,(H,11,14,17). The van der Waals surface area contributed by atoms with Crippen LogP contribution in [0.1, 0.15) is 18.9 Å². The molecule has 1 aliphatic heterocycles. The minimum atomic E-state index is -0.512. The van der Waals surface area contributed by atoms with Crippen LogP contribution in [0, 0.1) is 4.77 Å². The van der Waals surface area contributed by atoms with E-state index in [9.17, 15) is 14.4 Å². The van der Waals surface area contributed by atoms with Crippen LogP contribution in [0.3, 0.4) is 0 Å². The molecule has 2 heterocycles. The zero-order valence-corrected chi connectivity index (χ0v) is 9.99. The lowest BCUT2D eigenvalue weighted by molar-refractivity contribution is -0.149. The fourth-order valence-electron chi connectivity index (χ4n) is 1.83. The van der Waals surface area contributed by atoms with Gasteiger partial charge in [0.05, 0.1) is 0 Å². The van der Waals surface area contributed by atoms with Crippen LogP contribution in [0.25, 0.3) is 0 Å². The van der Waals surface area contributed by atoms with Gasteiger partial charge in [-0.3, -0.25) is 24.3 Å². The van der Waals surface area contributed by atoms with E-state index < -0.39 is 6.04 Å². The normalized spacial score (nSPS) is 20.8. The van der Waals surface area contributed by atoms with Crippen molar-refractivity contribution in [1.29, 1.82) is 0 Å². The molecule has 7 heteroatoms. The van der Waals surface area contributed by atoms with Crippen LogP contribution in [0.4, 0.5) is 0 Å². The fourth-order valence-corrected chi connectivity index (χ4v) is 2.12. The van der Waals surface area contributed by atoms with Gasteiger partial charge in [-0.15, -0.1) is 0 Å². The highest BCUT2D eigenvalue weighted by molar-refractivity contribution is 7.71. The van der Waals surface area contributed by atoms with Gasteiger partial charge in [0.25, 0.3) is 11.5 Å². The number of rotatable bonds is 1. The second-order valence-corrected chi connectivity index (χ2v) is 4.25. The molecule has 1 N–H and O–H groups in total. The van der Waals surface area contributed by atoms with Crippen molar-refractivity contribution in [3.63, 3.8) is 0 Å². The maximum absolute atomic E-state index is 11.9. The van der Waals surface area contributed by atoms with E-state index in [1.165, 1.54) is 23.9 Å². The summed E-state index contributed by atoms with van der Waals surface area (Å²) in [7, 11) is 1.45. The molecule has 0 radical (unpaired) electrons. The van der Waals surface area contributed by atoms with Crippen LogP contribution in [-0.2, 0) is 9.59 Å². The third-order valence-corrected chi connectivity index (χ3v) is 3.12. The Hall–Kier alpha value is -1.76. The van der Waals surface area contributed by atoms with Crippen LogP contribution in [0.15, 0.2) is 17.1 Å². The molecule has 1 aromatic rings. The molecule has 2 amide bonds. The number of imide groups is 1. The highest BCUT2D eigenvalue weighted by atomic mass is 32.1. The first kappa shape index (κ1) is 11.7. The van der Waals surface area contributed by atoms with E-state index >= 15 is 0 Å². The summed E-state index contributed by atoms with van der Waals surface area (Å²) in [6.07, 6.45) is 2.18. The van der Waals surface area contributed by atoms with Gasteiger partial charge < -0.3 is 4.57 Å². The number of hydrogen-bond acceptors (Lipinski definition) is 4. The van der Waals surface area contributed by atoms with E-state index in [-0.39, 0.29) is 22.1 Å². The van der Waals surface area contributed by atoms with Crippen molar-refractivity contribution in [3.05, 3.63) is 27.4 Å². The first-order chi connectivity index (χ1) is 8.00. The maximum atomic E-state index is 11.9. The largest absolute Gasteiger partial charge is 0.313 e. The van der Waals surface area contributed by atoms with Crippen LogP contribution in [0.2, 0.25) is 0 Å². The lowest BCUT2D eigenvalue weighted by atomic mass is 10.0. The van der Waals surface area contributed by atoms with Gasteiger partial charge in [0.1, 0.15) is 6.04 Å². The molecule has 0 aromatic carbocycles. The van der Waals surface area contributed by atoms with E-state index in [0.29, 0.717) is 12.8 Å². The minimum Gasteiger partial charge on any atom is -0.313 e. The number of H-pyrrole nitrogens is 1. The molecular formula is C10H11N3O3S. The van der Waals surface area contributed by atoms with E-state index in [1.54, 1.807) is 0 Å². The van der Waals surface area contributed by atoms with Gasteiger partial charge in [-0.25, -0.2) is 0 Å².